The van der Waals surface area contributed by atoms with Crippen LogP contribution in [0.25, 0.3) is 0 Å². The zero-order valence-electron chi connectivity index (χ0n) is 7.38. The molecule has 0 heterocycles. The highest BCUT2D eigenvalue weighted by Gasteiger charge is 1.93. The van der Waals surface area contributed by atoms with E-state index in [0.717, 1.165) is 0 Å². The molecule has 0 aromatic rings. The lowest BCUT2D eigenvalue weighted by molar-refractivity contribution is 0.434. The second kappa shape index (κ2) is 5.12. The van der Waals surface area contributed by atoms with Gasteiger partial charge >= 0.3 is 0 Å². The number of hydrogen-bond acceptors (Lipinski definition) is 4. The van der Waals surface area contributed by atoms with Crippen LogP contribution in [0.15, 0.2) is 37.0 Å². The second-order valence-corrected chi connectivity index (χ2v) is 2.43. The minimum atomic E-state index is 0.375. The van der Waals surface area contributed by atoms with Crippen molar-refractivity contribution in [3.8, 4) is 0 Å². The van der Waals surface area contributed by atoms with Crippen molar-refractivity contribution in [1.29, 1.82) is 0 Å². The molecule has 0 radical (unpaired) electrons. The first kappa shape index (κ1) is 10.4. The molecule has 0 aromatic carbocycles. The van der Waals surface area contributed by atoms with E-state index in [1.165, 1.54) is 0 Å². The third-order valence-corrected chi connectivity index (χ3v) is 1.22. The van der Waals surface area contributed by atoms with E-state index >= 15 is 0 Å². The van der Waals surface area contributed by atoms with Crippen molar-refractivity contribution in [3.63, 3.8) is 0 Å². The van der Waals surface area contributed by atoms with Crippen LogP contribution in [0.5, 0.6) is 0 Å². The predicted molar refractivity (Wildman–Crippen MR) is 51.6 cm³/mol. The lowest BCUT2D eigenvalue weighted by atomic mass is 10.4. The molecule has 12 heavy (non-hydrogen) atoms. The molecule has 0 spiro atoms. The smallest absolute Gasteiger partial charge is 0.0864 e. The highest BCUT2D eigenvalue weighted by atomic mass is 15.2. The van der Waals surface area contributed by atoms with Crippen LogP contribution >= 0.6 is 0 Å². The molecule has 0 amide bonds. The van der Waals surface area contributed by atoms with E-state index in [2.05, 4.69) is 18.5 Å². The molecule has 0 aliphatic carbocycles. The summed E-state index contributed by atoms with van der Waals surface area (Å²) in [6, 6.07) is 0. The molecule has 0 aliphatic heterocycles. The number of nitrogens with one attached hydrogen (secondary N) is 1. The molecule has 0 bridgehead atoms. The average molecular weight is 168 g/mol. The van der Waals surface area contributed by atoms with Crippen molar-refractivity contribution >= 4 is 0 Å². The zero-order valence-corrected chi connectivity index (χ0v) is 7.38. The summed E-state index contributed by atoms with van der Waals surface area (Å²) in [6.07, 6.45) is 3.32. The van der Waals surface area contributed by atoms with E-state index in [1.54, 1.807) is 12.4 Å². The van der Waals surface area contributed by atoms with Gasteiger partial charge in [0.25, 0.3) is 0 Å². The monoisotopic (exact) mass is 168 g/mol. The van der Waals surface area contributed by atoms with Crippen molar-refractivity contribution in [2.24, 2.45) is 11.5 Å². The second-order valence-electron chi connectivity index (χ2n) is 2.43. The van der Waals surface area contributed by atoms with E-state index in [-0.39, 0.29) is 0 Å². The maximum Gasteiger partial charge on any atom is 0.0864 e. The largest absolute Gasteiger partial charge is 0.397 e. The van der Waals surface area contributed by atoms with Gasteiger partial charge in [0.05, 0.1) is 12.4 Å². The molecule has 4 nitrogen and oxygen atoms in total. The Kier molecular flexibility index (Phi) is 4.45. The maximum atomic E-state index is 5.53. The average Bonchev–Trinajstić information content (AvgIpc) is 2.00. The van der Waals surface area contributed by atoms with E-state index < -0.39 is 0 Å². The van der Waals surface area contributed by atoms with Crippen molar-refractivity contribution in [2.45, 2.75) is 0 Å². The summed E-state index contributed by atoms with van der Waals surface area (Å²) in [5, 5.41) is 2.91. The van der Waals surface area contributed by atoms with E-state index in [4.69, 9.17) is 11.5 Å². The summed E-state index contributed by atoms with van der Waals surface area (Å²) < 4.78 is 0. The molecule has 0 fully saturated rings. The molecule has 4 heteroatoms. The summed E-state index contributed by atoms with van der Waals surface area (Å²) in [6.45, 7) is 7.66. The Morgan fingerprint density at radius 2 is 2.17 bits per heavy atom. The van der Waals surface area contributed by atoms with Gasteiger partial charge in [0, 0.05) is 18.9 Å². The summed E-state index contributed by atoms with van der Waals surface area (Å²) in [4.78, 5) is 1.84. The van der Waals surface area contributed by atoms with Gasteiger partial charge in [-0.3, -0.25) is 0 Å². The van der Waals surface area contributed by atoms with Crippen LogP contribution in [0.4, 0.5) is 0 Å². The molecule has 0 unspecified atom stereocenters. The third kappa shape index (κ3) is 4.27. The maximum absolute atomic E-state index is 5.53. The zero-order chi connectivity index (χ0) is 9.56. The number of nitrogens with zero attached hydrogens (tertiary/aromatic N) is 1. The topological polar surface area (TPSA) is 67.3 Å². The molecule has 68 valence electrons. The number of rotatable bonds is 5. The highest BCUT2D eigenvalue weighted by Crippen LogP contribution is 1.93. The van der Waals surface area contributed by atoms with Gasteiger partial charge in [0.2, 0.25) is 0 Å². The molecule has 0 saturated carbocycles. The normalized spacial score (nSPS) is 10.6. The molecular formula is C8H16N4. The highest BCUT2D eigenvalue weighted by molar-refractivity contribution is 5.20. The van der Waals surface area contributed by atoms with Crippen LogP contribution in [-0.4, -0.2) is 18.6 Å². The van der Waals surface area contributed by atoms with Crippen molar-refractivity contribution in [1.82, 2.24) is 10.2 Å². The van der Waals surface area contributed by atoms with Crippen LogP contribution in [0.1, 0.15) is 0 Å². The van der Waals surface area contributed by atoms with Gasteiger partial charge < -0.3 is 21.7 Å². The van der Waals surface area contributed by atoms with Crippen LogP contribution < -0.4 is 16.8 Å². The van der Waals surface area contributed by atoms with Gasteiger partial charge in [0.1, 0.15) is 0 Å². The van der Waals surface area contributed by atoms with Crippen molar-refractivity contribution in [2.75, 3.05) is 13.7 Å². The third-order valence-electron chi connectivity index (χ3n) is 1.22. The molecular weight excluding hydrogens is 152 g/mol. The Bertz CT molecular complexity index is 195. The van der Waals surface area contributed by atoms with E-state index in [1.807, 2.05) is 11.9 Å². The first-order chi connectivity index (χ1) is 5.57. The van der Waals surface area contributed by atoms with Gasteiger partial charge in [-0.1, -0.05) is 13.2 Å². The van der Waals surface area contributed by atoms with Gasteiger partial charge in [0.15, 0.2) is 0 Å². The number of nitrogens with two attached hydrogens (primary N) is 2. The fourth-order valence-electron chi connectivity index (χ4n) is 0.575. The van der Waals surface area contributed by atoms with Crippen LogP contribution in [0.2, 0.25) is 0 Å². The SMILES string of the molecule is C=CNCN(C)/C=C(/N)C(=C)N. The van der Waals surface area contributed by atoms with E-state index in [9.17, 15) is 0 Å². The van der Waals surface area contributed by atoms with E-state index in [0.29, 0.717) is 18.1 Å². The Morgan fingerprint density at radius 1 is 1.58 bits per heavy atom. The summed E-state index contributed by atoms with van der Waals surface area (Å²) in [5.41, 5.74) is 11.7. The first-order valence-electron chi connectivity index (χ1n) is 3.54. The minimum absolute atomic E-state index is 0.375. The number of hydrogen-bond donors (Lipinski definition) is 3. The molecule has 0 aliphatic rings. The summed E-state index contributed by atoms with van der Waals surface area (Å²) in [5.74, 6) is 0. The molecule has 0 aromatic heterocycles. The molecule has 0 atom stereocenters. The molecule has 0 saturated heterocycles. The lowest BCUT2D eigenvalue weighted by Gasteiger charge is -2.14. The van der Waals surface area contributed by atoms with Crippen LogP contribution in [-0.2, 0) is 0 Å². The minimum Gasteiger partial charge on any atom is -0.397 e. The Balaban J connectivity index is 3.95. The Labute approximate surface area is 73.2 Å². The Hall–Kier alpha value is -1.58. The fourth-order valence-corrected chi connectivity index (χ4v) is 0.575. The van der Waals surface area contributed by atoms with Gasteiger partial charge in [-0.05, 0) is 6.20 Å². The van der Waals surface area contributed by atoms with Crippen molar-refractivity contribution < 1.29 is 0 Å². The Morgan fingerprint density at radius 3 is 2.58 bits per heavy atom. The van der Waals surface area contributed by atoms with Crippen molar-refractivity contribution in [3.05, 3.63) is 37.0 Å². The quantitative estimate of drug-likeness (QED) is 0.395. The summed E-state index contributed by atoms with van der Waals surface area (Å²) >= 11 is 0. The lowest BCUT2D eigenvalue weighted by Crippen LogP contribution is -2.25. The predicted octanol–water partition coefficient (Wildman–Crippen LogP) is -0.119. The summed E-state index contributed by atoms with van der Waals surface area (Å²) in [7, 11) is 1.87. The van der Waals surface area contributed by atoms with Crippen LogP contribution in [0, 0.1) is 0 Å². The fraction of sp³-hybridized carbons (Fsp3) is 0.250. The van der Waals surface area contributed by atoms with Gasteiger partial charge in [-0.2, -0.15) is 0 Å². The van der Waals surface area contributed by atoms with Crippen LogP contribution in [0.3, 0.4) is 0 Å². The standard InChI is InChI=1S/C8H16N4/c1-4-11-6-12(3)5-8(10)7(2)9/h4-5,11H,1-2,6,9-10H2,3H3/b8-5+. The van der Waals surface area contributed by atoms with Gasteiger partial charge in [-0.25, -0.2) is 0 Å². The molecule has 5 N–H and O–H groups in total. The molecule has 0 rings (SSSR count). The first-order valence-corrected chi connectivity index (χ1v) is 3.54. The van der Waals surface area contributed by atoms with Gasteiger partial charge in [-0.15, -0.1) is 0 Å².